The molecule has 2 aromatic carbocycles. The SMILES string of the molecule is CC(Oc1ccc(Cl)cc1Cl)C(=O)NCc1ccc(C2(C(F)(F)F)N=N2)cc1. The first-order chi connectivity index (χ1) is 13.1. The molecule has 1 amide bonds. The van der Waals surface area contributed by atoms with Crippen LogP contribution in [0.4, 0.5) is 13.2 Å². The highest BCUT2D eigenvalue weighted by Crippen LogP contribution is 2.52. The van der Waals surface area contributed by atoms with Gasteiger partial charge in [0, 0.05) is 17.1 Å². The Bertz CT molecular complexity index is 911. The second kappa shape index (κ2) is 7.60. The number of nitrogens with zero attached hydrogens (tertiary/aromatic N) is 2. The molecule has 0 saturated carbocycles. The average Bonchev–Trinajstić information content (AvgIpc) is 3.44. The number of hydrogen-bond donors (Lipinski definition) is 1. The van der Waals surface area contributed by atoms with Crippen molar-refractivity contribution in [3.8, 4) is 5.75 Å². The zero-order chi connectivity index (χ0) is 20.5. The van der Waals surface area contributed by atoms with Crippen LogP contribution >= 0.6 is 23.2 Å². The molecule has 5 nitrogen and oxygen atoms in total. The Hall–Kier alpha value is -2.32. The van der Waals surface area contributed by atoms with Crippen LogP contribution in [0.25, 0.3) is 0 Å². The highest BCUT2D eigenvalue weighted by atomic mass is 35.5. The molecule has 1 atom stereocenters. The van der Waals surface area contributed by atoms with Crippen LogP contribution in [-0.2, 0) is 17.0 Å². The molecule has 0 aliphatic carbocycles. The maximum atomic E-state index is 13.0. The summed E-state index contributed by atoms with van der Waals surface area (Å²) in [4.78, 5) is 12.2. The molecule has 1 N–H and O–H groups in total. The number of nitrogens with one attached hydrogen (secondary N) is 1. The van der Waals surface area contributed by atoms with E-state index in [-0.39, 0.29) is 17.1 Å². The minimum absolute atomic E-state index is 0.0656. The van der Waals surface area contributed by atoms with Crippen molar-refractivity contribution in [2.45, 2.75) is 31.4 Å². The van der Waals surface area contributed by atoms with Crippen LogP contribution in [0, 0.1) is 0 Å². The Labute approximate surface area is 168 Å². The van der Waals surface area contributed by atoms with Crippen molar-refractivity contribution in [3.05, 3.63) is 63.6 Å². The summed E-state index contributed by atoms with van der Waals surface area (Å²) in [7, 11) is 0. The van der Waals surface area contributed by atoms with E-state index in [1.165, 1.54) is 30.3 Å². The maximum Gasteiger partial charge on any atom is 0.442 e. The molecule has 0 bridgehead atoms. The Kier molecular flexibility index (Phi) is 5.54. The Morgan fingerprint density at radius 3 is 2.36 bits per heavy atom. The lowest BCUT2D eigenvalue weighted by Crippen LogP contribution is -2.36. The molecule has 10 heteroatoms. The number of rotatable bonds is 6. The lowest BCUT2D eigenvalue weighted by molar-refractivity contribution is -0.166. The van der Waals surface area contributed by atoms with Gasteiger partial charge in [-0.2, -0.15) is 13.2 Å². The van der Waals surface area contributed by atoms with Gasteiger partial charge in [0.1, 0.15) is 5.75 Å². The molecule has 2 aromatic rings. The van der Waals surface area contributed by atoms with Crippen LogP contribution in [0.1, 0.15) is 18.1 Å². The predicted molar refractivity (Wildman–Crippen MR) is 97.4 cm³/mol. The zero-order valence-corrected chi connectivity index (χ0v) is 15.9. The molecule has 0 spiro atoms. The smallest absolute Gasteiger partial charge is 0.442 e. The van der Waals surface area contributed by atoms with Gasteiger partial charge in [0.05, 0.1) is 5.02 Å². The first-order valence-corrected chi connectivity index (χ1v) is 8.87. The Balaban J connectivity index is 1.56. The van der Waals surface area contributed by atoms with Gasteiger partial charge in [-0.25, -0.2) is 0 Å². The number of halogens is 5. The second-order valence-corrected chi connectivity index (χ2v) is 6.96. The normalized spacial score (nSPS) is 15.8. The van der Waals surface area contributed by atoms with Gasteiger partial charge in [-0.1, -0.05) is 47.5 Å². The van der Waals surface area contributed by atoms with Crippen LogP contribution in [0.2, 0.25) is 10.0 Å². The highest BCUT2D eigenvalue weighted by Gasteiger charge is 2.65. The number of carbonyl (C=O) groups is 1. The fourth-order valence-electron chi connectivity index (χ4n) is 2.45. The fraction of sp³-hybridized carbons (Fsp3) is 0.278. The number of alkyl halides is 3. The van der Waals surface area contributed by atoms with Crippen molar-refractivity contribution >= 4 is 29.1 Å². The number of ether oxygens (including phenoxy) is 1. The highest BCUT2D eigenvalue weighted by molar-refractivity contribution is 6.35. The van der Waals surface area contributed by atoms with Crippen molar-refractivity contribution in [1.29, 1.82) is 0 Å². The molecule has 1 unspecified atom stereocenters. The van der Waals surface area contributed by atoms with Crippen molar-refractivity contribution in [2.24, 2.45) is 10.2 Å². The summed E-state index contributed by atoms with van der Waals surface area (Å²) < 4.78 is 44.4. The zero-order valence-electron chi connectivity index (χ0n) is 14.4. The van der Waals surface area contributed by atoms with Gasteiger partial charge in [0.25, 0.3) is 5.91 Å². The first kappa shape index (κ1) is 20.4. The quantitative estimate of drug-likeness (QED) is 0.677. The summed E-state index contributed by atoms with van der Waals surface area (Å²) in [6, 6.07) is 10.2. The minimum atomic E-state index is -4.57. The van der Waals surface area contributed by atoms with E-state index in [4.69, 9.17) is 27.9 Å². The summed E-state index contributed by atoms with van der Waals surface area (Å²) in [6.07, 6.45) is -5.41. The van der Waals surface area contributed by atoms with Crippen LogP contribution in [0.3, 0.4) is 0 Å². The molecular weight excluding hydrogens is 418 g/mol. The summed E-state index contributed by atoms with van der Waals surface area (Å²) in [6.45, 7) is 1.67. The van der Waals surface area contributed by atoms with Gasteiger partial charge in [-0.05, 0) is 30.7 Å². The van der Waals surface area contributed by atoms with Gasteiger partial charge in [0.15, 0.2) is 6.10 Å². The largest absolute Gasteiger partial charge is 0.479 e. The molecule has 148 valence electrons. The third kappa shape index (κ3) is 4.23. The average molecular weight is 432 g/mol. The van der Waals surface area contributed by atoms with Crippen LogP contribution in [0.5, 0.6) is 5.75 Å². The molecule has 28 heavy (non-hydrogen) atoms. The second-order valence-electron chi connectivity index (χ2n) is 6.12. The molecule has 1 heterocycles. The van der Waals surface area contributed by atoms with Crippen molar-refractivity contribution in [3.63, 3.8) is 0 Å². The number of amides is 1. The standard InChI is InChI=1S/C18H14Cl2F3N3O2/c1-10(28-15-7-6-13(19)8-14(15)20)16(27)24-9-11-2-4-12(5-3-11)17(25-26-17)18(21,22)23/h2-8,10H,9H2,1H3,(H,24,27). The number of benzene rings is 2. The Morgan fingerprint density at radius 2 is 1.82 bits per heavy atom. The summed E-state index contributed by atoms with van der Waals surface area (Å²) in [5, 5.41) is 9.67. The molecular formula is C18H14Cl2F3N3O2. The van der Waals surface area contributed by atoms with Gasteiger partial charge >= 0.3 is 11.8 Å². The maximum absolute atomic E-state index is 13.0. The van der Waals surface area contributed by atoms with E-state index in [0.717, 1.165) is 0 Å². The summed E-state index contributed by atoms with van der Waals surface area (Å²) in [5.41, 5.74) is -1.90. The third-order valence-electron chi connectivity index (χ3n) is 4.09. The van der Waals surface area contributed by atoms with Crippen LogP contribution in [0.15, 0.2) is 52.7 Å². The van der Waals surface area contributed by atoms with Gasteiger partial charge in [0.2, 0.25) is 0 Å². The third-order valence-corrected chi connectivity index (χ3v) is 4.62. The number of hydrogen-bond acceptors (Lipinski definition) is 4. The van der Waals surface area contributed by atoms with E-state index in [1.807, 2.05) is 0 Å². The van der Waals surface area contributed by atoms with E-state index in [0.29, 0.717) is 16.3 Å². The van der Waals surface area contributed by atoms with Crippen LogP contribution in [-0.4, -0.2) is 18.2 Å². The van der Waals surface area contributed by atoms with Gasteiger partial charge in [-0.3, -0.25) is 4.79 Å². The molecule has 1 aliphatic heterocycles. The molecule has 0 fully saturated rings. The lowest BCUT2D eigenvalue weighted by Gasteiger charge is -2.17. The van der Waals surface area contributed by atoms with Crippen molar-refractivity contribution in [1.82, 2.24) is 5.32 Å². The van der Waals surface area contributed by atoms with Gasteiger partial charge < -0.3 is 10.1 Å². The van der Waals surface area contributed by atoms with E-state index < -0.39 is 23.9 Å². The van der Waals surface area contributed by atoms with Crippen molar-refractivity contribution in [2.75, 3.05) is 0 Å². The van der Waals surface area contributed by atoms with Gasteiger partial charge in [-0.15, -0.1) is 10.2 Å². The Morgan fingerprint density at radius 1 is 1.18 bits per heavy atom. The molecule has 0 saturated heterocycles. The van der Waals surface area contributed by atoms with E-state index >= 15 is 0 Å². The van der Waals surface area contributed by atoms with Crippen LogP contribution < -0.4 is 10.1 Å². The number of carbonyl (C=O) groups excluding carboxylic acids is 1. The molecule has 3 rings (SSSR count). The molecule has 0 aromatic heterocycles. The monoisotopic (exact) mass is 431 g/mol. The van der Waals surface area contributed by atoms with E-state index in [9.17, 15) is 18.0 Å². The topological polar surface area (TPSA) is 63.0 Å². The van der Waals surface area contributed by atoms with Crippen molar-refractivity contribution < 1.29 is 22.7 Å². The molecule has 1 aliphatic rings. The summed E-state index contributed by atoms with van der Waals surface area (Å²) >= 11 is 11.8. The minimum Gasteiger partial charge on any atom is -0.479 e. The summed E-state index contributed by atoms with van der Waals surface area (Å²) in [5.74, 6) is -0.0958. The molecule has 0 radical (unpaired) electrons. The fourth-order valence-corrected chi connectivity index (χ4v) is 2.90. The lowest BCUT2D eigenvalue weighted by atomic mass is 10.0. The predicted octanol–water partition coefficient (Wildman–Crippen LogP) is 5.26. The first-order valence-electron chi connectivity index (χ1n) is 8.12. The van der Waals surface area contributed by atoms with E-state index in [1.54, 1.807) is 19.1 Å². The van der Waals surface area contributed by atoms with E-state index in [2.05, 4.69) is 15.5 Å².